The normalized spacial score (nSPS) is 19.5. The summed E-state index contributed by atoms with van der Waals surface area (Å²) in [5.74, 6) is -4.06. The van der Waals surface area contributed by atoms with E-state index in [-0.39, 0.29) is 4.57 Å². The summed E-state index contributed by atoms with van der Waals surface area (Å²) >= 11 is 0. The van der Waals surface area contributed by atoms with Gasteiger partial charge in [-0.05, 0) is 0 Å². The summed E-state index contributed by atoms with van der Waals surface area (Å²) in [4.78, 5) is 59.8. The molecule has 0 aliphatic carbocycles. The van der Waals surface area contributed by atoms with Crippen molar-refractivity contribution in [3.63, 3.8) is 0 Å². The van der Waals surface area contributed by atoms with Crippen molar-refractivity contribution in [1.82, 2.24) is 9.55 Å². The molecule has 16 nitrogen and oxygen atoms in total. The van der Waals surface area contributed by atoms with Crippen molar-refractivity contribution >= 4 is 39.2 Å². The summed E-state index contributed by atoms with van der Waals surface area (Å²) in [5.41, 5.74) is -2.26. The van der Waals surface area contributed by atoms with Gasteiger partial charge in [-0.25, -0.2) is 27.3 Å². The number of aliphatic hydroxyl groups is 1. The molecule has 0 aliphatic rings. The second kappa shape index (κ2) is 10.1. The van der Waals surface area contributed by atoms with Gasteiger partial charge in [-0.3, -0.25) is 18.9 Å². The van der Waals surface area contributed by atoms with Gasteiger partial charge in [0, 0.05) is 12.3 Å². The topological polar surface area (TPSA) is 244 Å². The van der Waals surface area contributed by atoms with Crippen LogP contribution in [0.4, 0.5) is 8.78 Å². The van der Waals surface area contributed by atoms with Gasteiger partial charge in [-0.15, -0.1) is 0 Å². The molecule has 1 heterocycles. The van der Waals surface area contributed by atoms with Crippen LogP contribution < -0.4 is 11.2 Å². The Morgan fingerprint density at radius 1 is 1.12 bits per heavy atom. The standard InChI is InChI=1S/C9H13B2F2N2O14P3/c10-9(11,27-31(22,23)29-32(24,25)28-30(19,20)21)8(13,4-16)26-6(3-12)15-2-1-5(17)14-7(15)18/h1-2,6,16H,3-4H2,(H,22,23)(H,24,25)(H,14,17,18)(H2,19,20,21)/t6-,8+/m1/s1. The minimum absolute atomic E-state index is 0.256. The molecule has 0 aromatic carbocycles. The number of rotatable bonds is 12. The highest BCUT2D eigenvalue weighted by atomic mass is 31.3. The molecule has 4 radical (unpaired) electrons. The minimum atomic E-state index is -6.14. The monoisotopic (exact) mass is 526 g/mol. The van der Waals surface area contributed by atoms with E-state index in [2.05, 4.69) is 17.9 Å². The second-order valence-corrected chi connectivity index (χ2v) is 9.95. The summed E-state index contributed by atoms with van der Waals surface area (Å²) in [6.45, 7) is -3.69. The van der Waals surface area contributed by atoms with Gasteiger partial charge >= 0.3 is 29.2 Å². The van der Waals surface area contributed by atoms with Crippen LogP contribution in [0.5, 0.6) is 0 Å². The number of hydrogen-bond donors (Lipinski definition) is 6. The van der Waals surface area contributed by atoms with E-state index in [1.54, 1.807) is 4.98 Å². The Bertz CT molecular complexity index is 1080. The zero-order chi connectivity index (χ0) is 25.2. The van der Waals surface area contributed by atoms with Gasteiger partial charge in [0.1, 0.15) is 29.0 Å². The number of aromatic amines is 1. The molecule has 6 N–H and O–H groups in total. The summed E-state index contributed by atoms with van der Waals surface area (Å²) in [5, 5.41) is 5.43. The average Bonchev–Trinajstić information content (AvgIpc) is 2.55. The summed E-state index contributed by atoms with van der Waals surface area (Å²) in [7, 11) is -7.69. The largest absolute Gasteiger partial charge is 0.490 e. The molecule has 178 valence electrons. The van der Waals surface area contributed by atoms with E-state index in [0.717, 1.165) is 0 Å². The number of hydrogen-bond acceptors (Lipinski definition) is 10. The lowest BCUT2D eigenvalue weighted by Crippen LogP contribution is -2.59. The van der Waals surface area contributed by atoms with Crippen LogP contribution in [0.1, 0.15) is 6.23 Å². The van der Waals surface area contributed by atoms with E-state index in [9.17, 15) is 37.7 Å². The van der Waals surface area contributed by atoms with E-state index >= 15 is 4.39 Å². The fourth-order valence-corrected chi connectivity index (χ4v) is 5.00. The molecule has 1 aromatic rings. The first-order valence-electron chi connectivity index (χ1n) is 7.54. The molecule has 1 aromatic heterocycles. The van der Waals surface area contributed by atoms with Crippen molar-refractivity contribution in [2.45, 2.75) is 17.5 Å². The van der Waals surface area contributed by atoms with Gasteiger partial charge in [-0.1, -0.05) is 0 Å². The maximum atomic E-state index is 15.1. The molecule has 0 spiro atoms. The number of H-pyrrole nitrogens is 1. The lowest BCUT2D eigenvalue weighted by atomic mass is 9.61. The molecule has 23 heteroatoms. The summed E-state index contributed by atoms with van der Waals surface area (Å²) in [6.07, 6.45) is -1.67. The zero-order valence-electron chi connectivity index (χ0n) is 15.3. The Hall–Kier alpha value is -1.00. The van der Waals surface area contributed by atoms with E-state index in [4.69, 9.17) is 30.4 Å². The molecule has 0 fully saturated rings. The van der Waals surface area contributed by atoms with Gasteiger partial charge in [0.15, 0.2) is 6.23 Å². The van der Waals surface area contributed by atoms with Crippen molar-refractivity contribution in [3.05, 3.63) is 33.1 Å². The fourth-order valence-electron chi connectivity index (χ4n) is 1.84. The molecule has 2 unspecified atom stereocenters. The van der Waals surface area contributed by atoms with Gasteiger partial charge < -0.3 is 29.4 Å². The van der Waals surface area contributed by atoms with Gasteiger partial charge in [-0.2, -0.15) is 8.62 Å². The molecule has 1 rings (SSSR count). The predicted molar refractivity (Wildman–Crippen MR) is 97.5 cm³/mol. The SMILES string of the molecule is [B]C([B])(OP(=O)(O)OP(=O)(O)OP(=O)(O)O)[C@](F)(CO)O[C@H](CF)n1ccc(=O)[nH]c1=O. The third-order valence-corrected chi connectivity index (χ3v) is 6.95. The van der Waals surface area contributed by atoms with E-state index in [1.807, 2.05) is 0 Å². The van der Waals surface area contributed by atoms with E-state index < -0.39 is 65.5 Å². The molecule has 0 saturated carbocycles. The highest BCUT2D eigenvalue weighted by Gasteiger charge is 2.54. The molecule has 32 heavy (non-hydrogen) atoms. The Kier molecular flexibility index (Phi) is 9.16. The van der Waals surface area contributed by atoms with Crippen LogP contribution >= 0.6 is 23.5 Å². The number of halogens is 2. The van der Waals surface area contributed by atoms with Crippen LogP contribution in [0.25, 0.3) is 0 Å². The Morgan fingerprint density at radius 3 is 2.12 bits per heavy atom. The van der Waals surface area contributed by atoms with Gasteiger partial charge in [0.25, 0.3) is 5.56 Å². The third kappa shape index (κ3) is 8.09. The number of ether oxygens (including phenoxy) is 1. The quantitative estimate of drug-likeness (QED) is 0.128. The summed E-state index contributed by atoms with van der Waals surface area (Å²) < 4.78 is 77.5. The van der Waals surface area contributed by atoms with Gasteiger partial charge in [0.2, 0.25) is 5.85 Å². The van der Waals surface area contributed by atoms with Crippen LogP contribution in [-0.2, 0) is 31.6 Å². The van der Waals surface area contributed by atoms with Crippen LogP contribution in [0.2, 0.25) is 0 Å². The molecular weight excluding hydrogens is 513 g/mol. The number of nitrogens with one attached hydrogen (secondary N) is 1. The number of alkyl halides is 2. The lowest BCUT2D eigenvalue weighted by molar-refractivity contribution is -0.258. The van der Waals surface area contributed by atoms with Crippen LogP contribution in [-0.4, -0.2) is 74.5 Å². The van der Waals surface area contributed by atoms with Gasteiger partial charge in [0.05, 0.1) is 5.40 Å². The van der Waals surface area contributed by atoms with Crippen LogP contribution in [0, 0.1) is 0 Å². The molecule has 0 amide bonds. The van der Waals surface area contributed by atoms with Crippen molar-refractivity contribution < 1.29 is 65.0 Å². The van der Waals surface area contributed by atoms with Crippen molar-refractivity contribution in [2.24, 2.45) is 0 Å². The van der Waals surface area contributed by atoms with Crippen molar-refractivity contribution in [1.29, 1.82) is 0 Å². The second-order valence-electron chi connectivity index (χ2n) is 5.61. The first-order chi connectivity index (χ1) is 14.3. The van der Waals surface area contributed by atoms with Crippen LogP contribution in [0.3, 0.4) is 0 Å². The number of phosphoric acid groups is 3. The predicted octanol–water partition coefficient (Wildman–Crippen LogP) is -1.99. The van der Waals surface area contributed by atoms with Crippen molar-refractivity contribution in [2.75, 3.05) is 13.3 Å². The Morgan fingerprint density at radius 2 is 1.69 bits per heavy atom. The van der Waals surface area contributed by atoms with Crippen molar-refractivity contribution in [3.8, 4) is 0 Å². The molecule has 0 aliphatic heterocycles. The first-order valence-corrected chi connectivity index (χ1v) is 12.1. The van der Waals surface area contributed by atoms with Crippen LogP contribution in [0.15, 0.2) is 21.9 Å². The number of phosphoric ester groups is 1. The number of aromatic nitrogens is 2. The molecular formula is C9H13B2F2N2O14P3. The highest BCUT2D eigenvalue weighted by molar-refractivity contribution is 7.66. The zero-order valence-corrected chi connectivity index (χ0v) is 17.9. The number of aliphatic hydroxyl groups excluding tert-OH is 1. The average molecular weight is 526 g/mol. The molecule has 0 saturated heterocycles. The first kappa shape index (κ1) is 29.0. The molecule has 0 bridgehead atoms. The maximum Gasteiger partial charge on any atom is 0.490 e. The molecule has 4 atom stereocenters. The minimum Gasteiger partial charge on any atom is -0.390 e. The maximum absolute atomic E-state index is 15.1. The van der Waals surface area contributed by atoms with E-state index in [0.29, 0.717) is 12.3 Å². The Balaban J connectivity index is 3.19. The smallest absolute Gasteiger partial charge is 0.390 e. The fraction of sp³-hybridized carbons (Fsp3) is 0.556. The van der Waals surface area contributed by atoms with E-state index in [1.165, 1.54) is 0 Å². The third-order valence-electron chi connectivity index (χ3n) is 3.09. The summed E-state index contributed by atoms with van der Waals surface area (Å²) in [6, 6.07) is 0.691. The Labute approximate surface area is 178 Å². The number of nitrogens with zero attached hydrogens (tertiary/aromatic N) is 1. The lowest BCUT2D eigenvalue weighted by Gasteiger charge is -2.41. The highest BCUT2D eigenvalue weighted by Crippen LogP contribution is 2.67.